The highest BCUT2D eigenvalue weighted by Crippen LogP contribution is 2.33. The van der Waals surface area contributed by atoms with E-state index in [-0.39, 0.29) is 24.3 Å². The van der Waals surface area contributed by atoms with Crippen molar-refractivity contribution in [1.82, 2.24) is 54.4 Å². The van der Waals surface area contributed by atoms with Crippen LogP contribution in [-0.4, -0.2) is 217 Å². The third-order valence-electron chi connectivity index (χ3n) is 19.6. The van der Waals surface area contributed by atoms with E-state index in [1.54, 1.807) is 70.3 Å². The average molecular weight is 1600 g/mol. The van der Waals surface area contributed by atoms with E-state index in [4.69, 9.17) is 24.1 Å². The van der Waals surface area contributed by atoms with Gasteiger partial charge in [0.15, 0.2) is 0 Å². The first-order valence-corrected chi connectivity index (χ1v) is 40.8. The molecule has 0 aliphatic carbocycles. The number of piperazine rings is 2. The number of thiophene rings is 3. The molecule has 6 aromatic carbocycles. The highest BCUT2D eigenvalue weighted by molar-refractivity contribution is 7.18. The summed E-state index contributed by atoms with van der Waals surface area (Å²) >= 11 is 4.15. The molecule has 3 saturated heterocycles. The maximum Gasteiger partial charge on any atom is 0.265 e. The molecule has 0 spiro atoms. The van der Waals surface area contributed by atoms with Gasteiger partial charge in [0.2, 0.25) is 17.8 Å². The number of rotatable bonds is 29. The van der Waals surface area contributed by atoms with Gasteiger partial charge in [0.1, 0.15) is 17.2 Å². The van der Waals surface area contributed by atoms with Crippen LogP contribution in [0.3, 0.4) is 0 Å². The van der Waals surface area contributed by atoms with Gasteiger partial charge in [-0.15, -0.1) is 34.0 Å². The van der Waals surface area contributed by atoms with Crippen molar-refractivity contribution in [3.05, 3.63) is 250 Å². The highest BCUT2D eigenvalue weighted by atomic mass is 32.1. The van der Waals surface area contributed by atoms with Crippen molar-refractivity contribution in [2.24, 2.45) is 0 Å². The molecule has 0 atom stereocenters. The number of aliphatic hydroxyl groups is 1. The Morgan fingerprint density at radius 1 is 0.383 bits per heavy atom. The number of ether oxygens (including phenoxy) is 4. The molecule has 3 fully saturated rings. The summed E-state index contributed by atoms with van der Waals surface area (Å²) in [6.45, 7) is 16.5. The topological polar surface area (TPSA) is 274 Å². The maximum absolute atomic E-state index is 12.8. The van der Waals surface area contributed by atoms with Crippen molar-refractivity contribution in [1.29, 1.82) is 0 Å². The smallest absolute Gasteiger partial charge is 0.265 e. The van der Waals surface area contributed by atoms with Crippen molar-refractivity contribution in [2.45, 2.75) is 19.3 Å². The number of anilines is 9. The zero-order valence-electron chi connectivity index (χ0n) is 64.9. The number of aromatic nitrogens is 6. The number of amides is 3. The highest BCUT2D eigenvalue weighted by Gasteiger charge is 2.21. The molecule has 25 nitrogen and oxygen atoms in total. The van der Waals surface area contributed by atoms with Crippen molar-refractivity contribution >= 4 is 104 Å². The minimum absolute atomic E-state index is 0.172. The second-order valence-corrected chi connectivity index (χ2v) is 30.8. The first-order valence-electron chi connectivity index (χ1n) is 38.3. The number of hydrogen-bond donors (Lipinski definition) is 7. The first-order chi connectivity index (χ1) is 56.3. The number of carbonyl (C=O) groups excluding carboxylic acids is 3. The summed E-state index contributed by atoms with van der Waals surface area (Å²) in [6, 6.07) is 63.7. The van der Waals surface area contributed by atoms with Gasteiger partial charge in [0, 0.05) is 163 Å². The standard InChI is InChI=1S/C30H34N6O3S.C29H32N6O2S.C28H29N5O3S/c1-39-25-4-2-3-24(21-25)32-29(38)28-10-9-27(40-28)26-11-13-31-30(34-26)33-23-7-5-22(6-8-23)12-14-35-15-17-36(18-16-35)19-20-37;1-34-16-18-35(19-17-34)15-13-21-6-8-22(9-7-21)32-29-30-14-12-25(33-29)26-10-11-27(38-26)28(36)31-23-4-3-5-24(20-23)37-2;1-35-23-4-2-3-22(19-23)30-27(34)26-10-9-25(37-26)24-11-13-29-28(32-24)31-21-7-5-20(6-8-21)12-14-33-15-17-36-18-16-33/h2-11,13,21,37H,12,14-20H2,1H3,(H,32,38)(H,31,33,34);3-12,14,20H,13,15-19H2,1-2H3,(H,31,36)(H,30,32,33);2-11,13,19H,12,14-18H2,1H3,(H,30,34)(H,29,31,32). The predicted molar refractivity (Wildman–Crippen MR) is 460 cm³/mol. The molecule has 6 aromatic heterocycles. The van der Waals surface area contributed by atoms with Crippen LogP contribution in [0, 0.1) is 0 Å². The van der Waals surface area contributed by atoms with Gasteiger partial charge in [-0.1, -0.05) is 54.6 Å². The Labute approximate surface area is 682 Å². The predicted octanol–water partition coefficient (Wildman–Crippen LogP) is 14.4. The van der Waals surface area contributed by atoms with E-state index in [1.165, 1.54) is 50.7 Å². The fraction of sp³-hybridized carbons (Fsp3) is 0.276. The molecular weight excluding hydrogens is 1510 g/mol. The number of nitrogens with zero attached hydrogens (tertiary/aromatic N) is 11. The number of hydrogen-bond acceptors (Lipinski definition) is 25. The summed E-state index contributed by atoms with van der Waals surface area (Å²) in [7, 11) is 6.98. The first kappa shape index (κ1) is 81.6. The Kier molecular flexibility index (Phi) is 29.5. The Hall–Kier alpha value is -11.4. The van der Waals surface area contributed by atoms with Crippen LogP contribution in [0.5, 0.6) is 17.2 Å². The average Bonchev–Trinajstić information content (AvgIpc) is 1.73. The molecule has 0 unspecified atom stereocenters. The Morgan fingerprint density at radius 2 is 0.696 bits per heavy atom. The Morgan fingerprint density at radius 3 is 1.02 bits per heavy atom. The number of β-amino-alcohol motifs (C(OH)–C–C–N with tert-alkyl or cyclic N) is 1. The summed E-state index contributed by atoms with van der Waals surface area (Å²) in [5.41, 5.74) is 11.0. The number of methoxy groups -OCH3 is 3. The van der Waals surface area contributed by atoms with Gasteiger partial charge in [-0.25, -0.2) is 29.9 Å². The van der Waals surface area contributed by atoms with Crippen LogP contribution in [0.4, 0.5) is 52.0 Å². The van der Waals surface area contributed by atoms with Crippen LogP contribution in [0.1, 0.15) is 45.7 Å². The molecule has 3 aliphatic rings. The van der Waals surface area contributed by atoms with E-state index in [1.807, 2.05) is 97.1 Å². The van der Waals surface area contributed by atoms with E-state index in [0.717, 1.165) is 173 Å². The van der Waals surface area contributed by atoms with Crippen molar-refractivity contribution in [3.63, 3.8) is 0 Å². The van der Waals surface area contributed by atoms with Crippen molar-refractivity contribution in [3.8, 4) is 49.0 Å². The molecule has 115 heavy (non-hydrogen) atoms. The van der Waals surface area contributed by atoms with Crippen LogP contribution in [0.25, 0.3) is 31.7 Å². The molecular formula is C87H95N17O8S3. The van der Waals surface area contributed by atoms with Crippen LogP contribution in [0.2, 0.25) is 0 Å². The lowest BCUT2D eigenvalue weighted by atomic mass is 10.1. The second-order valence-electron chi connectivity index (χ2n) is 27.6. The molecule has 9 heterocycles. The molecule has 15 rings (SSSR count). The number of carbonyl (C=O) groups is 3. The molecule has 7 N–H and O–H groups in total. The largest absolute Gasteiger partial charge is 0.497 e. The summed E-state index contributed by atoms with van der Waals surface area (Å²) in [6.07, 6.45) is 8.22. The summed E-state index contributed by atoms with van der Waals surface area (Å²) in [4.78, 5) is 82.0. The van der Waals surface area contributed by atoms with Crippen molar-refractivity contribution < 1.29 is 38.4 Å². The van der Waals surface area contributed by atoms with E-state index in [2.05, 4.69) is 166 Å². The summed E-state index contributed by atoms with van der Waals surface area (Å²) in [5, 5.41) is 27.7. The number of nitrogens with one attached hydrogen (secondary N) is 6. The molecule has 3 amide bonds. The summed E-state index contributed by atoms with van der Waals surface area (Å²) < 4.78 is 21.1. The number of likely N-dealkylation sites (N-methyl/N-ethyl adjacent to an activating group) is 1. The Balaban J connectivity index is 0.000000150. The fourth-order valence-corrected chi connectivity index (χ4v) is 15.5. The quantitative estimate of drug-likeness (QED) is 0.0229. The van der Waals surface area contributed by atoms with E-state index < -0.39 is 0 Å². The zero-order valence-corrected chi connectivity index (χ0v) is 67.3. The zero-order chi connectivity index (χ0) is 79.5. The van der Waals surface area contributed by atoms with Crippen LogP contribution < -0.4 is 46.1 Å². The minimum atomic E-state index is -0.180. The van der Waals surface area contributed by atoms with Gasteiger partial charge in [-0.2, -0.15) is 0 Å². The van der Waals surface area contributed by atoms with Crippen LogP contribution in [0.15, 0.2) is 219 Å². The number of benzene rings is 6. The van der Waals surface area contributed by atoms with Gasteiger partial charge in [-0.05, 0) is 170 Å². The SMILES string of the molecule is COc1cccc(NC(=O)c2ccc(-c3ccnc(Nc4ccc(CCN5CCN(C)CC5)cc4)n3)s2)c1.COc1cccc(NC(=O)c2ccc(-c3ccnc(Nc4ccc(CCN5CCN(CCO)CC5)cc4)n3)s2)c1.COc1cccc(NC(=O)c2ccc(-c3ccnc(Nc4ccc(CCN5CCOCC5)cc4)n3)s2)c1. The van der Waals surface area contributed by atoms with Gasteiger partial charge in [0.25, 0.3) is 17.7 Å². The lowest BCUT2D eigenvalue weighted by Crippen LogP contribution is -2.47. The molecule has 3 aliphatic heterocycles. The van der Waals surface area contributed by atoms with E-state index >= 15 is 0 Å². The summed E-state index contributed by atoms with van der Waals surface area (Å²) in [5.74, 6) is 3.06. The van der Waals surface area contributed by atoms with E-state index in [0.29, 0.717) is 66.8 Å². The molecule has 0 saturated carbocycles. The lowest BCUT2D eigenvalue weighted by molar-refractivity contribution is 0.0384. The maximum atomic E-state index is 12.8. The van der Waals surface area contributed by atoms with Gasteiger partial charge in [0.05, 0.1) is 87.5 Å². The van der Waals surface area contributed by atoms with Gasteiger partial charge < -0.3 is 70.7 Å². The molecule has 0 bridgehead atoms. The third kappa shape index (κ3) is 24.6. The Bertz CT molecular complexity index is 5110. The second kappa shape index (κ2) is 41.6. The number of morpholine rings is 1. The monoisotopic (exact) mass is 1600 g/mol. The fourth-order valence-electron chi connectivity index (χ4n) is 12.9. The van der Waals surface area contributed by atoms with Crippen LogP contribution in [-0.2, 0) is 24.0 Å². The molecule has 12 aromatic rings. The minimum Gasteiger partial charge on any atom is -0.497 e. The molecule has 594 valence electrons. The molecule has 28 heteroatoms. The van der Waals surface area contributed by atoms with Gasteiger partial charge in [-0.3, -0.25) is 24.2 Å². The normalized spacial score (nSPS) is 14.1. The number of aliphatic hydroxyl groups excluding tert-OH is 1. The van der Waals surface area contributed by atoms with Crippen LogP contribution >= 0.6 is 34.0 Å². The lowest BCUT2D eigenvalue weighted by Gasteiger charge is -2.34. The van der Waals surface area contributed by atoms with Crippen molar-refractivity contribution in [2.75, 3.05) is 172 Å². The van der Waals surface area contributed by atoms with Gasteiger partial charge >= 0.3 is 0 Å². The third-order valence-corrected chi connectivity index (χ3v) is 22.9. The molecule has 0 radical (unpaired) electrons. The van der Waals surface area contributed by atoms with E-state index in [9.17, 15) is 14.4 Å².